The molecule has 6 nitrogen and oxygen atoms in total. The molecule has 0 unspecified atom stereocenters. The lowest BCUT2D eigenvalue weighted by Gasteiger charge is -2.08. The van der Waals surface area contributed by atoms with Gasteiger partial charge in [0.15, 0.2) is 5.69 Å². The van der Waals surface area contributed by atoms with Gasteiger partial charge in [0.2, 0.25) is 0 Å². The Morgan fingerprint density at radius 3 is 2.64 bits per heavy atom. The van der Waals surface area contributed by atoms with Gasteiger partial charge < -0.3 is 10.4 Å². The molecular weight excluding hydrogens is 379 g/mol. The van der Waals surface area contributed by atoms with E-state index in [1.807, 2.05) is 0 Å². The number of carboxylic acids is 1. The van der Waals surface area contributed by atoms with Crippen LogP contribution in [0, 0.1) is 0 Å². The van der Waals surface area contributed by atoms with E-state index in [0.717, 1.165) is 4.40 Å². The van der Waals surface area contributed by atoms with Crippen molar-refractivity contribution >= 4 is 39.1 Å². The number of nitrogens with one attached hydrogen (secondary N) is 1. The largest absolute Gasteiger partial charge is 0.481 e. The lowest BCUT2D eigenvalue weighted by atomic mass is 10.3. The van der Waals surface area contributed by atoms with Crippen LogP contribution in [0.25, 0.3) is 5.65 Å². The number of aromatic nitrogens is 2. The number of imidazole rings is 1. The van der Waals surface area contributed by atoms with Crippen LogP contribution in [0.3, 0.4) is 0 Å². The molecule has 0 atom stereocenters. The Kier molecular flexibility index (Phi) is 6.59. The maximum absolute atomic E-state index is 13.1. The molecule has 25 heavy (non-hydrogen) atoms. The van der Waals surface area contributed by atoms with Crippen LogP contribution in [0.2, 0.25) is 0 Å². The first-order chi connectivity index (χ1) is 11.8. The van der Waals surface area contributed by atoms with Crippen molar-refractivity contribution in [2.24, 2.45) is 0 Å². The Balaban J connectivity index is 1.98. The number of aliphatic carboxylic acids is 1. The number of nitrogens with zero attached hydrogens (tertiary/aromatic N) is 2. The molecule has 2 N–H and O–H groups in total. The quantitative estimate of drug-likeness (QED) is 0.530. The molecule has 0 fully saturated rings. The summed E-state index contributed by atoms with van der Waals surface area (Å²) < 4.78 is 40.5. The smallest absolute Gasteiger partial charge is 0.435 e. The monoisotopic (exact) mass is 393 g/mol. The highest BCUT2D eigenvalue weighted by Crippen LogP contribution is 2.32. The first-order valence-corrected chi connectivity index (χ1v) is 9.58. The summed E-state index contributed by atoms with van der Waals surface area (Å²) in [5.41, 5.74) is -1.73. The number of alkyl halides is 3. The number of fused-ring (bicyclic) bond motifs is 1. The average Bonchev–Trinajstić information content (AvgIpc) is 2.93. The summed E-state index contributed by atoms with van der Waals surface area (Å²) in [7, 11) is 2.67. The molecule has 0 aliphatic rings. The van der Waals surface area contributed by atoms with Crippen molar-refractivity contribution < 1.29 is 27.9 Å². The Bertz CT molecular complexity index is 765. The number of carbonyl (C=O) groups excluding carboxylic acids is 1. The average molecular weight is 393 g/mol. The molecule has 0 aliphatic heterocycles. The Morgan fingerprint density at radius 1 is 1.24 bits per heavy atom. The maximum Gasteiger partial charge on any atom is 0.435 e. The molecule has 0 aliphatic carbocycles. The Labute approximate surface area is 148 Å². The molecule has 0 bridgehead atoms. The topological polar surface area (TPSA) is 83.7 Å². The highest BCUT2D eigenvalue weighted by molar-refractivity contribution is 8.76. The zero-order chi connectivity index (χ0) is 18.4. The van der Waals surface area contributed by atoms with Gasteiger partial charge in [-0.3, -0.25) is 14.0 Å². The van der Waals surface area contributed by atoms with Crippen molar-refractivity contribution in [3.8, 4) is 0 Å². The lowest BCUT2D eigenvalue weighted by Crippen LogP contribution is -2.29. The van der Waals surface area contributed by atoms with Gasteiger partial charge in [0.1, 0.15) is 11.3 Å². The third-order valence-electron chi connectivity index (χ3n) is 2.97. The van der Waals surface area contributed by atoms with Gasteiger partial charge in [0.05, 0.1) is 6.42 Å². The fourth-order valence-corrected chi connectivity index (χ4v) is 3.83. The molecule has 0 saturated heterocycles. The number of amides is 1. The van der Waals surface area contributed by atoms with E-state index in [1.165, 1.54) is 46.0 Å². The number of rotatable bonds is 8. The second-order valence-corrected chi connectivity index (χ2v) is 7.48. The van der Waals surface area contributed by atoms with Crippen LogP contribution in [0.1, 0.15) is 22.6 Å². The molecular formula is C14H14F3N3O3S2. The van der Waals surface area contributed by atoms with Crippen LogP contribution in [0.4, 0.5) is 13.2 Å². The summed E-state index contributed by atoms with van der Waals surface area (Å²) in [5.74, 6) is -0.899. The van der Waals surface area contributed by atoms with E-state index in [2.05, 4.69) is 10.3 Å². The van der Waals surface area contributed by atoms with Crippen molar-refractivity contribution in [3.05, 3.63) is 35.8 Å². The molecule has 2 heterocycles. The zero-order valence-corrected chi connectivity index (χ0v) is 14.4. The van der Waals surface area contributed by atoms with Crippen LogP contribution in [0.15, 0.2) is 24.4 Å². The van der Waals surface area contributed by atoms with E-state index in [4.69, 9.17) is 5.11 Å². The van der Waals surface area contributed by atoms with Crippen LogP contribution in [-0.2, 0) is 11.0 Å². The van der Waals surface area contributed by atoms with Gasteiger partial charge in [0, 0.05) is 24.2 Å². The Hall–Kier alpha value is -1.88. The molecule has 2 aromatic heterocycles. The summed E-state index contributed by atoms with van der Waals surface area (Å²) in [6.07, 6.45) is -3.36. The second kappa shape index (κ2) is 8.48. The summed E-state index contributed by atoms with van der Waals surface area (Å²) in [4.78, 5) is 26.1. The number of hydrogen-bond donors (Lipinski definition) is 2. The zero-order valence-electron chi connectivity index (χ0n) is 12.7. The SMILES string of the molecule is O=C(O)CCSSCCNC(=O)c1c(C(F)(F)F)nc2ccccn12. The van der Waals surface area contributed by atoms with Gasteiger partial charge in [-0.05, 0) is 12.1 Å². The normalized spacial score (nSPS) is 11.6. The predicted molar refractivity (Wildman–Crippen MR) is 89.7 cm³/mol. The minimum atomic E-state index is -4.74. The van der Waals surface area contributed by atoms with E-state index in [9.17, 15) is 22.8 Å². The minimum absolute atomic E-state index is 0.0286. The van der Waals surface area contributed by atoms with Crippen LogP contribution >= 0.6 is 21.6 Å². The molecule has 0 aromatic carbocycles. The van der Waals surface area contributed by atoms with Gasteiger partial charge in [-0.25, -0.2) is 4.98 Å². The molecule has 1 amide bonds. The van der Waals surface area contributed by atoms with E-state index in [-0.39, 0.29) is 18.6 Å². The maximum atomic E-state index is 13.1. The van der Waals surface area contributed by atoms with Crippen LogP contribution in [0.5, 0.6) is 0 Å². The van der Waals surface area contributed by atoms with E-state index >= 15 is 0 Å². The summed E-state index contributed by atoms with van der Waals surface area (Å²) in [6.45, 7) is 0.154. The van der Waals surface area contributed by atoms with Crippen molar-refractivity contribution in [3.63, 3.8) is 0 Å². The van der Waals surface area contributed by atoms with Crippen molar-refractivity contribution in [2.45, 2.75) is 12.6 Å². The van der Waals surface area contributed by atoms with Gasteiger partial charge in [-0.15, -0.1) is 0 Å². The van der Waals surface area contributed by atoms with Gasteiger partial charge in [0.25, 0.3) is 5.91 Å². The van der Waals surface area contributed by atoms with Crippen LogP contribution < -0.4 is 5.32 Å². The van der Waals surface area contributed by atoms with Gasteiger partial charge >= 0.3 is 12.1 Å². The van der Waals surface area contributed by atoms with E-state index < -0.39 is 29.4 Å². The molecule has 0 spiro atoms. The summed E-state index contributed by atoms with van der Waals surface area (Å²) in [5, 5.41) is 10.9. The van der Waals surface area contributed by atoms with E-state index in [1.54, 1.807) is 0 Å². The van der Waals surface area contributed by atoms with Crippen molar-refractivity contribution in [1.82, 2.24) is 14.7 Å². The van der Waals surface area contributed by atoms with Crippen molar-refractivity contribution in [2.75, 3.05) is 18.1 Å². The molecule has 2 aromatic rings. The third-order valence-corrected chi connectivity index (χ3v) is 5.38. The first-order valence-electron chi connectivity index (χ1n) is 7.09. The Morgan fingerprint density at radius 2 is 1.96 bits per heavy atom. The summed E-state index contributed by atoms with van der Waals surface area (Å²) in [6, 6.07) is 4.44. The second-order valence-electron chi connectivity index (χ2n) is 4.78. The number of halogens is 3. The molecule has 0 saturated carbocycles. The minimum Gasteiger partial charge on any atom is -0.481 e. The van der Waals surface area contributed by atoms with Gasteiger partial charge in [-0.2, -0.15) is 13.2 Å². The number of carbonyl (C=O) groups is 2. The fourth-order valence-electron chi connectivity index (χ4n) is 1.95. The summed E-state index contributed by atoms with van der Waals surface area (Å²) >= 11 is 0. The third kappa shape index (κ3) is 5.30. The molecule has 0 radical (unpaired) electrons. The van der Waals surface area contributed by atoms with E-state index in [0.29, 0.717) is 11.5 Å². The van der Waals surface area contributed by atoms with Gasteiger partial charge in [-0.1, -0.05) is 27.7 Å². The number of carboxylic acid groups (broad SMARTS) is 1. The molecule has 11 heteroatoms. The standard InChI is InChI=1S/C14H14F3N3O3S2/c15-14(16,17)12-11(20-6-2-1-3-9(20)19-12)13(23)18-5-8-25-24-7-4-10(21)22/h1-3,6H,4-5,7-8H2,(H,18,23)(H,21,22). The molecule has 136 valence electrons. The van der Waals surface area contributed by atoms with Crippen LogP contribution in [-0.4, -0.2) is 44.4 Å². The highest BCUT2D eigenvalue weighted by atomic mass is 33.1. The fraction of sp³-hybridized carbons (Fsp3) is 0.357. The van der Waals surface area contributed by atoms with Crippen molar-refractivity contribution in [1.29, 1.82) is 0 Å². The molecule has 2 rings (SSSR count). The number of pyridine rings is 1. The lowest BCUT2D eigenvalue weighted by molar-refractivity contribution is -0.141. The highest BCUT2D eigenvalue weighted by Gasteiger charge is 2.39. The predicted octanol–water partition coefficient (Wildman–Crippen LogP) is 2.94. The first kappa shape index (κ1) is 19.4. The number of hydrogen-bond acceptors (Lipinski definition) is 5.